The summed E-state index contributed by atoms with van der Waals surface area (Å²) in [5.41, 5.74) is 0. The molecule has 0 aromatic carbocycles. The van der Waals surface area contributed by atoms with Crippen molar-refractivity contribution in [1.82, 2.24) is 4.90 Å². The summed E-state index contributed by atoms with van der Waals surface area (Å²) < 4.78 is 6.40. The Bertz CT molecular complexity index is 682. The van der Waals surface area contributed by atoms with Crippen LogP contribution in [-0.4, -0.2) is 46.1 Å². The minimum atomic E-state index is 0.476. The van der Waals surface area contributed by atoms with Gasteiger partial charge >= 0.3 is 0 Å². The Hall–Kier alpha value is -1.06. The molecule has 0 spiro atoms. The lowest BCUT2D eigenvalue weighted by Crippen LogP contribution is -2.18. The highest BCUT2D eigenvalue weighted by atomic mass is 16.5. The molecule has 2 nitrogen and oxygen atoms in total. The normalized spacial score (nSPS) is 13.9. The Morgan fingerprint density at radius 1 is 0.511 bits per heavy atom. The van der Waals surface area contributed by atoms with E-state index < -0.39 is 0 Å². The van der Waals surface area contributed by atoms with Crippen LogP contribution in [-0.2, 0) is 4.74 Å². The Kier molecular flexibility index (Phi) is 36.5. The van der Waals surface area contributed by atoms with Crippen molar-refractivity contribution in [3.8, 4) is 0 Å². The first-order valence-electron chi connectivity index (χ1n) is 20.0. The van der Waals surface area contributed by atoms with Crippen LogP contribution in [0.5, 0.6) is 0 Å². The van der Waals surface area contributed by atoms with Crippen molar-refractivity contribution < 1.29 is 4.74 Å². The van der Waals surface area contributed by atoms with Gasteiger partial charge in [0.1, 0.15) is 7.85 Å². The highest BCUT2D eigenvalue weighted by Crippen LogP contribution is 2.19. The van der Waals surface area contributed by atoms with Crippen molar-refractivity contribution in [3.05, 3.63) is 48.6 Å². The van der Waals surface area contributed by atoms with Crippen LogP contribution >= 0.6 is 0 Å². The lowest BCUT2D eigenvalue weighted by molar-refractivity contribution is 0.0342. The predicted octanol–water partition coefficient (Wildman–Crippen LogP) is 12.8. The van der Waals surface area contributed by atoms with Crippen LogP contribution < -0.4 is 0 Å². The Morgan fingerprint density at radius 2 is 0.956 bits per heavy atom. The Morgan fingerprint density at radius 3 is 1.47 bits per heavy atom. The molecule has 262 valence electrons. The van der Waals surface area contributed by atoms with Gasteiger partial charge in [-0.3, -0.25) is 0 Å². The van der Waals surface area contributed by atoms with Gasteiger partial charge in [0.2, 0.25) is 0 Å². The maximum absolute atomic E-state index is 6.40. The van der Waals surface area contributed by atoms with E-state index in [1.807, 2.05) is 0 Å². The van der Waals surface area contributed by atoms with Crippen molar-refractivity contribution in [2.45, 2.75) is 193 Å². The fraction of sp³-hybridized carbons (Fsp3) is 0.810. The van der Waals surface area contributed by atoms with Gasteiger partial charge in [0.25, 0.3) is 0 Å². The second-order valence-electron chi connectivity index (χ2n) is 14.0. The van der Waals surface area contributed by atoms with E-state index in [-0.39, 0.29) is 0 Å². The quantitative estimate of drug-likeness (QED) is 0.0395. The van der Waals surface area contributed by atoms with E-state index in [1.165, 1.54) is 148 Å². The predicted molar refractivity (Wildman–Crippen MR) is 209 cm³/mol. The van der Waals surface area contributed by atoms with Gasteiger partial charge in [-0.1, -0.05) is 165 Å². The smallest absolute Gasteiger partial charge is 0.110 e. The van der Waals surface area contributed by atoms with Crippen molar-refractivity contribution in [1.29, 1.82) is 0 Å². The Balaban J connectivity index is 3.92. The van der Waals surface area contributed by atoms with Crippen molar-refractivity contribution >= 4 is 7.85 Å². The molecule has 2 unspecified atom stereocenters. The van der Waals surface area contributed by atoms with Crippen LogP contribution in [0.3, 0.4) is 0 Å². The highest BCUT2D eigenvalue weighted by molar-refractivity contribution is 6.12. The molecule has 45 heavy (non-hydrogen) atoms. The Labute approximate surface area is 285 Å². The third kappa shape index (κ3) is 37.3. The lowest BCUT2D eigenvalue weighted by atomic mass is 9.82. The third-order valence-electron chi connectivity index (χ3n) is 8.89. The molecule has 0 aromatic rings. The molecule has 2 atom stereocenters. The van der Waals surface area contributed by atoms with Crippen molar-refractivity contribution in [2.24, 2.45) is 0 Å². The number of allylic oxidation sites excluding steroid dienone is 8. The molecule has 0 aliphatic rings. The molecule has 0 radical (unpaired) electrons. The van der Waals surface area contributed by atoms with Crippen LogP contribution in [0.25, 0.3) is 0 Å². The van der Waals surface area contributed by atoms with Crippen molar-refractivity contribution in [2.75, 3.05) is 27.2 Å². The van der Waals surface area contributed by atoms with Gasteiger partial charge in [-0.05, 0) is 91.3 Å². The zero-order chi connectivity index (χ0) is 32.9. The molecule has 0 N–H and O–H groups in total. The molecule has 0 saturated carbocycles. The largest absolute Gasteiger partial charge is 0.378 e. The molecule has 0 saturated heterocycles. The minimum absolute atomic E-state index is 0.476. The standard InChI is InChI=1S/C42H80BNO/c1-5-7-9-11-13-15-16-17-18-19-20-21-22-24-28-32-37-42(45-40-34-39-44(3)4)38-33-29-25-27-31-36-41(43)35-30-26-23-14-12-10-8-6-2/h13-15,17-18,23,30,35,41-42H,5-12,16,19-22,24-29,31-34,36-40,43H2,1-4H3/b15-13-,18-17-,23-14-,35-30-. The van der Waals surface area contributed by atoms with Crippen LogP contribution in [0.2, 0.25) is 5.82 Å². The fourth-order valence-electron chi connectivity index (χ4n) is 5.88. The van der Waals surface area contributed by atoms with E-state index in [9.17, 15) is 0 Å². The molecule has 0 rings (SSSR count). The average Bonchev–Trinajstić information content (AvgIpc) is 3.03. The highest BCUT2D eigenvalue weighted by Gasteiger charge is 2.09. The fourth-order valence-corrected chi connectivity index (χ4v) is 5.88. The molecular formula is C42H80BNO. The third-order valence-corrected chi connectivity index (χ3v) is 8.89. The van der Waals surface area contributed by atoms with Gasteiger partial charge in [-0.15, -0.1) is 0 Å². The van der Waals surface area contributed by atoms with E-state index in [1.54, 1.807) is 0 Å². The van der Waals surface area contributed by atoms with Gasteiger partial charge in [0.15, 0.2) is 0 Å². The van der Waals surface area contributed by atoms with Gasteiger partial charge in [-0.2, -0.15) is 0 Å². The summed E-state index contributed by atoms with van der Waals surface area (Å²) in [6.07, 6.45) is 53.5. The molecule has 3 heteroatoms. The molecule has 0 amide bonds. The summed E-state index contributed by atoms with van der Waals surface area (Å²) in [5, 5.41) is 0. The molecule has 0 aromatic heterocycles. The van der Waals surface area contributed by atoms with E-state index in [0.717, 1.165) is 32.4 Å². The zero-order valence-electron chi connectivity index (χ0n) is 31.4. The second kappa shape index (κ2) is 37.4. The molecule has 0 heterocycles. The summed E-state index contributed by atoms with van der Waals surface area (Å²) in [7, 11) is 6.70. The van der Waals surface area contributed by atoms with Crippen LogP contribution in [0.15, 0.2) is 48.6 Å². The summed E-state index contributed by atoms with van der Waals surface area (Å²) in [5.74, 6) is 0.715. The average molecular weight is 626 g/mol. The maximum atomic E-state index is 6.40. The second-order valence-corrected chi connectivity index (χ2v) is 14.0. The molecule has 0 aliphatic heterocycles. The number of unbranched alkanes of at least 4 members (excludes halogenated alkanes) is 16. The first kappa shape index (κ1) is 43.9. The molecule has 0 bridgehead atoms. The molecule has 0 aliphatic carbocycles. The first-order chi connectivity index (χ1) is 22.1. The number of rotatable bonds is 35. The van der Waals surface area contributed by atoms with Crippen molar-refractivity contribution in [3.63, 3.8) is 0 Å². The topological polar surface area (TPSA) is 12.5 Å². The molecular weight excluding hydrogens is 545 g/mol. The number of hydrogen-bond donors (Lipinski definition) is 0. The first-order valence-corrected chi connectivity index (χ1v) is 20.0. The monoisotopic (exact) mass is 626 g/mol. The molecule has 0 fully saturated rings. The zero-order valence-corrected chi connectivity index (χ0v) is 31.4. The van der Waals surface area contributed by atoms with Crippen LogP contribution in [0.1, 0.15) is 181 Å². The van der Waals surface area contributed by atoms with Gasteiger partial charge in [0.05, 0.1) is 6.10 Å². The van der Waals surface area contributed by atoms with E-state index in [4.69, 9.17) is 4.74 Å². The van der Waals surface area contributed by atoms with Gasteiger partial charge in [-0.25, -0.2) is 0 Å². The van der Waals surface area contributed by atoms with Crippen LogP contribution in [0, 0.1) is 0 Å². The van der Waals surface area contributed by atoms with E-state index in [0.29, 0.717) is 11.9 Å². The summed E-state index contributed by atoms with van der Waals surface area (Å²) in [4.78, 5) is 2.27. The van der Waals surface area contributed by atoms with Crippen LogP contribution in [0.4, 0.5) is 0 Å². The van der Waals surface area contributed by atoms with E-state index in [2.05, 4.69) is 89.3 Å². The minimum Gasteiger partial charge on any atom is -0.378 e. The maximum Gasteiger partial charge on any atom is 0.110 e. The number of ether oxygens (including phenoxy) is 1. The SMILES string of the molecule is BC(/C=C\C/C=C\CCCCC)CCCCCCCC(CCCCCCCC/C=C\C/C=C\CCCCC)OCCCN(C)C. The van der Waals surface area contributed by atoms with Gasteiger partial charge in [0, 0.05) is 6.61 Å². The lowest BCUT2D eigenvalue weighted by Gasteiger charge is -2.19. The van der Waals surface area contributed by atoms with E-state index >= 15 is 0 Å². The summed E-state index contributed by atoms with van der Waals surface area (Å²) in [6, 6.07) is 0. The summed E-state index contributed by atoms with van der Waals surface area (Å²) >= 11 is 0. The summed E-state index contributed by atoms with van der Waals surface area (Å²) in [6.45, 7) is 6.59. The number of nitrogens with zero attached hydrogens (tertiary/aromatic N) is 1. The van der Waals surface area contributed by atoms with Gasteiger partial charge < -0.3 is 9.64 Å². The number of hydrogen-bond acceptors (Lipinski definition) is 2.